The van der Waals surface area contributed by atoms with Gasteiger partial charge in [-0.2, -0.15) is 4.98 Å². The highest BCUT2D eigenvalue weighted by atomic mass is 16.5. The maximum absolute atomic E-state index is 5.72. The van der Waals surface area contributed by atoms with E-state index in [0.717, 1.165) is 36.4 Å². The predicted molar refractivity (Wildman–Crippen MR) is 71.8 cm³/mol. The number of nitrogens with two attached hydrogens (primary N) is 1. The van der Waals surface area contributed by atoms with Gasteiger partial charge in [-0.1, -0.05) is 30.3 Å². The highest BCUT2D eigenvalue weighted by molar-refractivity contribution is 5.33. The van der Waals surface area contributed by atoms with Crippen molar-refractivity contribution in [3.8, 4) is 5.75 Å². The van der Waals surface area contributed by atoms with E-state index in [-0.39, 0.29) is 6.61 Å². The first-order valence-corrected chi connectivity index (χ1v) is 6.55. The van der Waals surface area contributed by atoms with Crippen LogP contribution in [-0.4, -0.2) is 16.7 Å². The molecule has 5 heteroatoms. The number of hydrogen-bond acceptors (Lipinski definition) is 5. The lowest BCUT2D eigenvalue weighted by molar-refractivity contribution is 0.240. The van der Waals surface area contributed by atoms with E-state index in [4.69, 9.17) is 15.0 Å². The van der Waals surface area contributed by atoms with Crippen molar-refractivity contribution in [3.63, 3.8) is 0 Å². The second-order valence-corrected chi connectivity index (χ2v) is 4.29. The molecule has 1 aromatic carbocycles. The minimum absolute atomic E-state index is 0.290. The van der Waals surface area contributed by atoms with Gasteiger partial charge in [0.2, 0.25) is 0 Å². The SMILES string of the molecule is CCCc1noc(COc2ccccc2CCN)n1. The van der Waals surface area contributed by atoms with Crippen LogP contribution in [0.2, 0.25) is 0 Å². The second kappa shape index (κ2) is 6.89. The van der Waals surface area contributed by atoms with Gasteiger partial charge in [0.1, 0.15) is 5.75 Å². The van der Waals surface area contributed by atoms with Crippen LogP contribution in [0.5, 0.6) is 5.75 Å². The van der Waals surface area contributed by atoms with Crippen molar-refractivity contribution in [1.29, 1.82) is 0 Å². The molecule has 0 spiro atoms. The van der Waals surface area contributed by atoms with Crippen LogP contribution in [0.4, 0.5) is 0 Å². The fraction of sp³-hybridized carbons (Fsp3) is 0.429. The zero-order valence-electron chi connectivity index (χ0n) is 11.1. The number of benzene rings is 1. The zero-order valence-corrected chi connectivity index (χ0v) is 11.1. The summed E-state index contributed by atoms with van der Waals surface area (Å²) in [6.07, 6.45) is 2.62. The lowest BCUT2D eigenvalue weighted by Gasteiger charge is -2.08. The van der Waals surface area contributed by atoms with Crippen LogP contribution < -0.4 is 10.5 Å². The van der Waals surface area contributed by atoms with Gasteiger partial charge in [-0.05, 0) is 31.0 Å². The van der Waals surface area contributed by atoms with Crippen molar-refractivity contribution in [2.75, 3.05) is 6.54 Å². The number of aryl methyl sites for hydroxylation is 1. The maximum Gasteiger partial charge on any atom is 0.264 e. The van der Waals surface area contributed by atoms with Crippen molar-refractivity contribution in [2.24, 2.45) is 5.73 Å². The Balaban J connectivity index is 1.97. The number of aromatic nitrogens is 2. The molecule has 0 amide bonds. The quantitative estimate of drug-likeness (QED) is 0.826. The Morgan fingerprint density at radius 2 is 2.11 bits per heavy atom. The first kappa shape index (κ1) is 13.5. The standard InChI is InChI=1S/C14H19N3O2/c1-2-5-13-16-14(19-17-13)10-18-12-7-4-3-6-11(12)8-9-15/h3-4,6-7H,2,5,8-10,15H2,1H3. The largest absolute Gasteiger partial charge is 0.483 e. The van der Waals surface area contributed by atoms with Gasteiger partial charge in [-0.3, -0.25) is 0 Å². The third-order valence-corrected chi connectivity index (χ3v) is 2.72. The Labute approximate surface area is 112 Å². The predicted octanol–water partition coefficient (Wildman–Crippen LogP) is 2.10. The Bertz CT molecular complexity index is 511. The van der Waals surface area contributed by atoms with Crippen LogP contribution >= 0.6 is 0 Å². The summed E-state index contributed by atoms with van der Waals surface area (Å²) in [7, 11) is 0. The van der Waals surface area contributed by atoms with Gasteiger partial charge >= 0.3 is 0 Å². The number of ether oxygens (including phenoxy) is 1. The molecule has 0 bridgehead atoms. The molecule has 0 saturated heterocycles. The number of hydrogen-bond donors (Lipinski definition) is 1. The summed E-state index contributed by atoms with van der Waals surface area (Å²) in [6.45, 7) is 2.97. The Morgan fingerprint density at radius 3 is 2.89 bits per heavy atom. The van der Waals surface area contributed by atoms with Crippen LogP contribution in [0.1, 0.15) is 30.6 Å². The zero-order chi connectivity index (χ0) is 13.5. The van der Waals surface area contributed by atoms with Crippen LogP contribution in [0, 0.1) is 0 Å². The van der Waals surface area contributed by atoms with Crippen LogP contribution in [0.25, 0.3) is 0 Å². The highest BCUT2D eigenvalue weighted by Gasteiger charge is 2.08. The molecule has 102 valence electrons. The summed E-state index contributed by atoms with van der Waals surface area (Å²) in [5.74, 6) is 2.06. The second-order valence-electron chi connectivity index (χ2n) is 4.29. The lowest BCUT2D eigenvalue weighted by Crippen LogP contribution is -2.05. The number of rotatable bonds is 7. The van der Waals surface area contributed by atoms with E-state index in [1.807, 2.05) is 24.3 Å². The first-order valence-electron chi connectivity index (χ1n) is 6.55. The summed E-state index contributed by atoms with van der Waals surface area (Å²) < 4.78 is 10.8. The summed E-state index contributed by atoms with van der Waals surface area (Å²) in [6, 6.07) is 7.85. The molecule has 0 aliphatic carbocycles. The molecule has 19 heavy (non-hydrogen) atoms. The van der Waals surface area contributed by atoms with Gasteiger partial charge in [-0.25, -0.2) is 0 Å². The molecule has 2 N–H and O–H groups in total. The van der Waals surface area contributed by atoms with E-state index < -0.39 is 0 Å². The molecular weight excluding hydrogens is 242 g/mol. The fourth-order valence-electron chi connectivity index (χ4n) is 1.82. The average Bonchev–Trinajstić information content (AvgIpc) is 2.86. The monoisotopic (exact) mass is 261 g/mol. The Hall–Kier alpha value is -1.88. The van der Waals surface area contributed by atoms with Crippen molar-refractivity contribution < 1.29 is 9.26 Å². The Kier molecular flexibility index (Phi) is 4.92. The molecular formula is C14H19N3O2. The first-order chi connectivity index (χ1) is 9.33. The summed E-state index contributed by atoms with van der Waals surface area (Å²) in [5.41, 5.74) is 6.67. The molecule has 0 fully saturated rings. The van der Waals surface area contributed by atoms with Crippen molar-refractivity contribution >= 4 is 0 Å². The molecule has 0 saturated carbocycles. The van der Waals surface area contributed by atoms with E-state index in [9.17, 15) is 0 Å². The molecule has 0 atom stereocenters. The van der Waals surface area contributed by atoms with Crippen LogP contribution in [0.3, 0.4) is 0 Å². The van der Waals surface area contributed by atoms with E-state index >= 15 is 0 Å². The van der Waals surface area contributed by atoms with E-state index in [1.54, 1.807) is 0 Å². The van der Waals surface area contributed by atoms with Gasteiger partial charge in [0.05, 0.1) is 0 Å². The molecule has 1 aromatic heterocycles. The number of nitrogens with zero attached hydrogens (tertiary/aromatic N) is 2. The third kappa shape index (κ3) is 3.79. The lowest BCUT2D eigenvalue weighted by atomic mass is 10.1. The smallest absolute Gasteiger partial charge is 0.264 e. The van der Waals surface area contributed by atoms with Gasteiger partial charge in [0.25, 0.3) is 5.89 Å². The average molecular weight is 261 g/mol. The highest BCUT2D eigenvalue weighted by Crippen LogP contribution is 2.19. The van der Waals surface area contributed by atoms with E-state index in [2.05, 4.69) is 17.1 Å². The molecule has 2 aromatic rings. The van der Waals surface area contributed by atoms with Gasteiger partial charge in [0, 0.05) is 6.42 Å². The molecule has 2 rings (SSSR count). The molecule has 0 aliphatic heterocycles. The minimum Gasteiger partial charge on any atom is -0.483 e. The van der Waals surface area contributed by atoms with Crippen molar-refractivity contribution in [3.05, 3.63) is 41.5 Å². The van der Waals surface area contributed by atoms with Gasteiger partial charge in [-0.15, -0.1) is 0 Å². The Morgan fingerprint density at radius 1 is 1.26 bits per heavy atom. The van der Waals surface area contributed by atoms with Crippen molar-refractivity contribution in [1.82, 2.24) is 10.1 Å². The fourth-order valence-corrected chi connectivity index (χ4v) is 1.82. The molecule has 0 aliphatic rings. The van der Waals surface area contributed by atoms with Crippen molar-refractivity contribution in [2.45, 2.75) is 32.8 Å². The molecule has 5 nitrogen and oxygen atoms in total. The third-order valence-electron chi connectivity index (χ3n) is 2.72. The normalized spacial score (nSPS) is 10.6. The molecule has 0 radical (unpaired) electrons. The van der Waals surface area contributed by atoms with Crippen LogP contribution in [-0.2, 0) is 19.4 Å². The van der Waals surface area contributed by atoms with Crippen LogP contribution in [0.15, 0.2) is 28.8 Å². The summed E-state index contributed by atoms with van der Waals surface area (Å²) >= 11 is 0. The summed E-state index contributed by atoms with van der Waals surface area (Å²) in [5, 5.41) is 3.89. The topological polar surface area (TPSA) is 74.2 Å². The minimum atomic E-state index is 0.290. The van der Waals surface area contributed by atoms with E-state index in [0.29, 0.717) is 12.4 Å². The van der Waals surface area contributed by atoms with E-state index in [1.165, 1.54) is 0 Å². The summed E-state index contributed by atoms with van der Waals surface area (Å²) in [4.78, 5) is 4.26. The molecule has 0 unspecified atom stereocenters. The maximum atomic E-state index is 5.72. The molecule has 1 heterocycles. The van der Waals surface area contributed by atoms with Gasteiger partial charge in [0.15, 0.2) is 12.4 Å². The number of para-hydroxylation sites is 1. The van der Waals surface area contributed by atoms with Gasteiger partial charge < -0.3 is 15.0 Å².